The molecule has 1 aromatic carbocycles. The van der Waals surface area contributed by atoms with Crippen molar-refractivity contribution in [1.29, 1.82) is 0 Å². The molecule has 118 valence electrons. The van der Waals surface area contributed by atoms with E-state index < -0.39 is 18.3 Å². The van der Waals surface area contributed by atoms with E-state index in [2.05, 4.69) is 15.9 Å². The minimum atomic E-state index is -4.60. The molecule has 0 aliphatic carbocycles. The average molecular weight is 367 g/mol. The summed E-state index contributed by atoms with van der Waals surface area (Å²) in [7, 11) is 0. The van der Waals surface area contributed by atoms with Crippen molar-refractivity contribution >= 4 is 15.9 Å². The van der Waals surface area contributed by atoms with Gasteiger partial charge in [-0.15, -0.1) is 0 Å². The van der Waals surface area contributed by atoms with Crippen LogP contribution in [0.15, 0.2) is 28.7 Å². The van der Waals surface area contributed by atoms with Gasteiger partial charge in [0.05, 0.1) is 0 Å². The zero-order chi connectivity index (χ0) is 15.7. The zero-order valence-corrected chi connectivity index (χ0v) is 13.0. The molecule has 0 saturated carbocycles. The summed E-state index contributed by atoms with van der Waals surface area (Å²) in [6.45, 7) is 0.0489. The Balaban J connectivity index is 2.04. The molecule has 1 fully saturated rings. The topological polar surface area (TPSA) is 49.5 Å². The lowest BCUT2D eigenvalue weighted by molar-refractivity contribution is -0.254. The summed E-state index contributed by atoms with van der Waals surface area (Å²) in [6.07, 6.45) is -4.33. The molecule has 0 radical (unpaired) electrons. The van der Waals surface area contributed by atoms with E-state index in [9.17, 15) is 18.3 Å². The Bertz CT molecular complexity index is 480. The lowest BCUT2D eigenvalue weighted by Gasteiger charge is -2.30. The predicted molar refractivity (Wildman–Crippen MR) is 77.9 cm³/mol. The van der Waals surface area contributed by atoms with Crippen LogP contribution in [0.3, 0.4) is 0 Å². The highest BCUT2D eigenvalue weighted by Crippen LogP contribution is 2.38. The van der Waals surface area contributed by atoms with Gasteiger partial charge >= 0.3 is 6.18 Å². The van der Waals surface area contributed by atoms with Crippen molar-refractivity contribution in [3.8, 4) is 0 Å². The second kappa shape index (κ2) is 6.24. The minimum Gasteiger partial charge on any atom is -0.379 e. The molecule has 1 aromatic rings. The van der Waals surface area contributed by atoms with Gasteiger partial charge in [-0.2, -0.15) is 13.2 Å². The maximum absolute atomic E-state index is 12.8. The van der Waals surface area contributed by atoms with Gasteiger partial charge < -0.3 is 10.8 Å². The van der Waals surface area contributed by atoms with Crippen LogP contribution >= 0.6 is 15.9 Å². The van der Waals surface area contributed by atoms with E-state index >= 15 is 0 Å². The van der Waals surface area contributed by atoms with Crippen molar-refractivity contribution in [1.82, 2.24) is 4.90 Å². The molecule has 0 amide bonds. The fourth-order valence-electron chi connectivity index (χ4n) is 2.62. The van der Waals surface area contributed by atoms with E-state index in [-0.39, 0.29) is 25.6 Å². The number of aliphatic hydroxyl groups is 1. The smallest absolute Gasteiger partial charge is 0.379 e. The quantitative estimate of drug-likeness (QED) is 0.859. The van der Waals surface area contributed by atoms with E-state index in [1.807, 2.05) is 24.3 Å². The molecule has 0 aromatic heterocycles. The van der Waals surface area contributed by atoms with Crippen LogP contribution in [0, 0.1) is 0 Å². The van der Waals surface area contributed by atoms with Crippen LogP contribution in [0.4, 0.5) is 13.2 Å². The Kier molecular flexibility index (Phi) is 4.97. The number of hydrogen-bond donors (Lipinski definition) is 2. The van der Waals surface area contributed by atoms with E-state index in [0.717, 1.165) is 10.0 Å². The van der Waals surface area contributed by atoms with Crippen molar-refractivity contribution in [2.24, 2.45) is 5.73 Å². The molecule has 7 heteroatoms. The third kappa shape index (κ3) is 3.77. The van der Waals surface area contributed by atoms with Gasteiger partial charge in [-0.1, -0.05) is 28.1 Å². The molecule has 21 heavy (non-hydrogen) atoms. The van der Waals surface area contributed by atoms with E-state index in [1.165, 1.54) is 0 Å². The van der Waals surface area contributed by atoms with Crippen LogP contribution in [-0.4, -0.2) is 47.5 Å². The number of hydrogen-bond acceptors (Lipinski definition) is 3. The molecule has 2 atom stereocenters. The summed E-state index contributed by atoms with van der Waals surface area (Å²) in [4.78, 5) is 1.63. The van der Waals surface area contributed by atoms with Gasteiger partial charge in [0.25, 0.3) is 0 Å². The van der Waals surface area contributed by atoms with Crippen LogP contribution in [0.1, 0.15) is 12.0 Å². The standard InChI is InChI=1S/C14H18BrF3N2O/c15-11-3-1-10(2-4-11)7-12(8-19)20-6-5-13(21,9-20)14(16,17)18/h1-4,12,21H,5-9,19H2. The third-order valence-electron chi connectivity index (χ3n) is 3.98. The normalized spacial score (nSPS) is 25.2. The van der Waals surface area contributed by atoms with Gasteiger partial charge in [0.2, 0.25) is 0 Å². The van der Waals surface area contributed by atoms with Gasteiger partial charge in [-0.25, -0.2) is 0 Å². The van der Waals surface area contributed by atoms with Crippen molar-refractivity contribution in [3.05, 3.63) is 34.3 Å². The monoisotopic (exact) mass is 366 g/mol. The average Bonchev–Trinajstić information content (AvgIpc) is 2.81. The van der Waals surface area contributed by atoms with Crippen molar-refractivity contribution < 1.29 is 18.3 Å². The molecule has 1 heterocycles. The number of β-amino-alcohol motifs (C(OH)–C–C–N with tert-alkyl or cyclic N) is 1. The van der Waals surface area contributed by atoms with Crippen molar-refractivity contribution in [3.63, 3.8) is 0 Å². The first-order valence-corrected chi connectivity index (χ1v) is 7.52. The van der Waals surface area contributed by atoms with E-state index in [4.69, 9.17) is 5.73 Å². The molecule has 2 rings (SSSR count). The van der Waals surface area contributed by atoms with Crippen molar-refractivity contribution in [2.45, 2.75) is 30.7 Å². The summed E-state index contributed by atoms with van der Waals surface area (Å²) in [5.74, 6) is 0. The first kappa shape index (κ1) is 16.7. The molecule has 3 nitrogen and oxygen atoms in total. The molecule has 1 aliphatic heterocycles. The number of likely N-dealkylation sites (tertiary alicyclic amines) is 1. The van der Waals surface area contributed by atoms with E-state index in [1.54, 1.807) is 4.90 Å². The predicted octanol–water partition coefficient (Wildman–Crippen LogP) is 2.32. The first-order chi connectivity index (χ1) is 9.75. The SMILES string of the molecule is NCC(Cc1ccc(Br)cc1)N1CCC(O)(C(F)(F)F)C1. The number of nitrogens with two attached hydrogens (primary N) is 1. The van der Waals surface area contributed by atoms with E-state index in [0.29, 0.717) is 6.42 Å². The first-order valence-electron chi connectivity index (χ1n) is 6.73. The minimum absolute atomic E-state index is 0.203. The summed E-state index contributed by atoms with van der Waals surface area (Å²) in [5, 5.41) is 9.73. The fourth-order valence-corrected chi connectivity index (χ4v) is 2.88. The lowest BCUT2D eigenvalue weighted by atomic mass is 10.0. The Morgan fingerprint density at radius 2 is 1.95 bits per heavy atom. The van der Waals surface area contributed by atoms with Crippen LogP contribution in [0.2, 0.25) is 0 Å². The molecule has 1 saturated heterocycles. The molecular weight excluding hydrogens is 349 g/mol. The second-order valence-corrected chi connectivity index (χ2v) is 6.39. The summed E-state index contributed by atoms with van der Waals surface area (Å²) < 4.78 is 39.5. The number of nitrogens with zero attached hydrogens (tertiary/aromatic N) is 1. The van der Waals surface area contributed by atoms with Crippen LogP contribution < -0.4 is 5.73 Å². The Hall–Kier alpha value is -0.630. The zero-order valence-electron chi connectivity index (χ0n) is 11.4. The fraction of sp³-hybridized carbons (Fsp3) is 0.571. The Labute approximate surface area is 130 Å². The molecule has 3 N–H and O–H groups in total. The van der Waals surface area contributed by atoms with Gasteiger partial charge in [-0.3, -0.25) is 4.90 Å². The molecule has 2 unspecified atom stereocenters. The highest BCUT2D eigenvalue weighted by atomic mass is 79.9. The summed E-state index contributed by atoms with van der Waals surface area (Å²) in [5.41, 5.74) is 4.11. The molecule has 0 spiro atoms. The maximum atomic E-state index is 12.8. The van der Waals surface area contributed by atoms with Crippen LogP contribution in [-0.2, 0) is 6.42 Å². The van der Waals surface area contributed by atoms with Crippen molar-refractivity contribution in [2.75, 3.05) is 19.6 Å². The second-order valence-electron chi connectivity index (χ2n) is 5.47. The number of halogens is 4. The van der Waals surface area contributed by atoms with Crippen LogP contribution in [0.25, 0.3) is 0 Å². The van der Waals surface area contributed by atoms with Gasteiger partial charge in [0.1, 0.15) is 0 Å². The number of benzene rings is 1. The lowest BCUT2D eigenvalue weighted by Crippen LogP contribution is -2.50. The van der Waals surface area contributed by atoms with Gasteiger partial charge in [0, 0.05) is 30.1 Å². The molecular formula is C14H18BrF3N2O. The number of alkyl halides is 3. The van der Waals surface area contributed by atoms with Crippen LogP contribution in [0.5, 0.6) is 0 Å². The highest BCUT2D eigenvalue weighted by Gasteiger charge is 2.57. The third-order valence-corrected chi connectivity index (χ3v) is 4.51. The van der Waals surface area contributed by atoms with Gasteiger partial charge in [0.15, 0.2) is 5.60 Å². The molecule has 0 bridgehead atoms. The molecule has 1 aliphatic rings. The van der Waals surface area contributed by atoms with Gasteiger partial charge in [-0.05, 0) is 30.5 Å². The Morgan fingerprint density at radius 3 is 2.43 bits per heavy atom. The highest BCUT2D eigenvalue weighted by molar-refractivity contribution is 9.10. The largest absolute Gasteiger partial charge is 0.418 e. The summed E-state index contributed by atoms with van der Waals surface area (Å²) >= 11 is 3.34. The summed E-state index contributed by atoms with van der Waals surface area (Å²) in [6, 6.07) is 7.40. The number of rotatable bonds is 4. The Morgan fingerprint density at radius 1 is 1.33 bits per heavy atom. The maximum Gasteiger partial charge on any atom is 0.418 e.